The van der Waals surface area contributed by atoms with Crippen molar-refractivity contribution in [1.82, 2.24) is 9.47 Å². The maximum atomic E-state index is 13.3. The molecule has 144 valence electrons. The van der Waals surface area contributed by atoms with Crippen LogP contribution in [0.3, 0.4) is 0 Å². The van der Waals surface area contributed by atoms with Crippen LogP contribution in [0.5, 0.6) is 0 Å². The van der Waals surface area contributed by atoms with Crippen molar-refractivity contribution in [2.45, 2.75) is 6.54 Å². The monoisotopic (exact) mass is 402 g/mol. The Morgan fingerprint density at radius 3 is 2.21 bits per heavy atom. The molecule has 1 heterocycles. The van der Waals surface area contributed by atoms with E-state index in [-0.39, 0.29) is 11.5 Å². The number of fused-ring (bicyclic) bond motifs is 1. The molecule has 29 heavy (non-hydrogen) atoms. The first-order chi connectivity index (χ1) is 14.0. The summed E-state index contributed by atoms with van der Waals surface area (Å²) in [5.41, 5.74) is 2.00. The van der Waals surface area contributed by atoms with E-state index in [2.05, 4.69) is 0 Å². The molecular formula is C24H19ClN2O2. The number of halogens is 1. The first-order valence-electron chi connectivity index (χ1n) is 9.24. The minimum absolute atomic E-state index is 0.146. The normalized spacial score (nSPS) is 10.8. The van der Waals surface area contributed by atoms with Gasteiger partial charge in [-0.05, 0) is 35.9 Å². The van der Waals surface area contributed by atoms with Crippen LogP contribution in [0.15, 0.2) is 89.9 Å². The largest absolute Gasteiger partial charge is 0.337 e. The van der Waals surface area contributed by atoms with E-state index in [4.69, 9.17) is 11.6 Å². The summed E-state index contributed by atoms with van der Waals surface area (Å²) in [6.07, 6.45) is 1.62. The summed E-state index contributed by atoms with van der Waals surface area (Å²) in [6, 6.07) is 24.0. The highest BCUT2D eigenvalue weighted by Crippen LogP contribution is 2.20. The van der Waals surface area contributed by atoms with Crippen LogP contribution < -0.4 is 5.56 Å². The Bertz CT molecular complexity index is 1230. The Kier molecular flexibility index (Phi) is 5.19. The van der Waals surface area contributed by atoms with Gasteiger partial charge in [-0.3, -0.25) is 14.2 Å². The lowest BCUT2D eigenvalue weighted by molar-refractivity contribution is 0.0786. The van der Waals surface area contributed by atoms with Crippen molar-refractivity contribution in [3.05, 3.63) is 112 Å². The minimum atomic E-state index is -0.176. The highest BCUT2D eigenvalue weighted by molar-refractivity contribution is 6.30. The average Bonchev–Trinajstić information content (AvgIpc) is 2.75. The minimum Gasteiger partial charge on any atom is -0.337 e. The molecule has 0 saturated carbocycles. The van der Waals surface area contributed by atoms with Crippen LogP contribution in [-0.2, 0) is 6.54 Å². The number of rotatable bonds is 4. The van der Waals surface area contributed by atoms with E-state index >= 15 is 0 Å². The quantitative estimate of drug-likeness (QED) is 0.486. The average molecular weight is 403 g/mol. The van der Waals surface area contributed by atoms with Gasteiger partial charge in [0.2, 0.25) is 0 Å². The standard InChI is InChI=1S/C24H19ClN2O2/c1-26(15-17-7-3-2-4-8-17)23(28)22-16-27(19-13-11-18(25)12-14-19)24(29)21-10-6-5-9-20(21)22/h2-14,16H,15H2,1H3. The van der Waals surface area contributed by atoms with Gasteiger partial charge in [0.15, 0.2) is 0 Å². The van der Waals surface area contributed by atoms with Gasteiger partial charge in [-0.15, -0.1) is 0 Å². The maximum Gasteiger partial charge on any atom is 0.262 e. The number of amides is 1. The van der Waals surface area contributed by atoms with Crippen LogP contribution in [0.1, 0.15) is 15.9 Å². The van der Waals surface area contributed by atoms with E-state index in [1.54, 1.807) is 54.5 Å². The Morgan fingerprint density at radius 2 is 1.52 bits per heavy atom. The lowest BCUT2D eigenvalue weighted by atomic mass is 10.1. The Morgan fingerprint density at radius 1 is 0.897 bits per heavy atom. The molecule has 4 aromatic rings. The number of benzene rings is 3. The molecule has 0 radical (unpaired) electrons. The summed E-state index contributed by atoms with van der Waals surface area (Å²) in [6.45, 7) is 0.480. The Hall–Kier alpha value is -3.37. The molecular weight excluding hydrogens is 384 g/mol. The van der Waals surface area contributed by atoms with E-state index in [0.717, 1.165) is 5.56 Å². The second-order valence-electron chi connectivity index (χ2n) is 6.89. The van der Waals surface area contributed by atoms with Crippen LogP contribution in [0, 0.1) is 0 Å². The second kappa shape index (κ2) is 7.94. The van der Waals surface area contributed by atoms with Gasteiger partial charge in [0.05, 0.1) is 5.56 Å². The van der Waals surface area contributed by atoms with Gasteiger partial charge < -0.3 is 4.90 Å². The van der Waals surface area contributed by atoms with E-state index < -0.39 is 0 Å². The SMILES string of the molecule is CN(Cc1ccccc1)C(=O)c1cn(-c2ccc(Cl)cc2)c(=O)c2ccccc12. The molecule has 0 unspecified atom stereocenters. The highest BCUT2D eigenvalue weighted by Gasteiger charge is 2.19. The summed E-state index contributed by atoms with van der Waals surface area (Å²) >= 11 is 5.99. The fourth-order valence-corrected chi connectivity index (χ4v) is 3.52. The van der Waals surface area contributed by atoms with Gasteiger partial charge in [-0.1, -0.05) is 60.1 Å². The van der Waals surface area contributed by atoms with Gasteiger partial charge >= 0.3 is 0 Å². The van der Waals surface area contributed by atoms with Crippen LogP contribution in [0.25, 0.3) is 16.5 Å². The van der Waals surface area contributed by atoms with Crippen molar-refractivity contribution >= 4 is 28.3 Å². The van der Waals surface area contributed by atoms with Gasteiger partial charge in [0.25, 0.3) is 11.5 Å². The third-order valence-electron chi connectivity index (χ3n) is 4.87. The van der Waals surface area contributed by atoms with Crippen LogP contribution in [0.4, 0.5) is 0 Å². The Labute approximate surface area is 173 Å². The number of carbonyl (C=O) groups excluding carboxylic acids is 1. The van der Waals surface area contributed by atoms with E-state index in [9.17, 15) is 9.59 Å². The zero-order valence-electron chi connectivity index (χ0n) is 15.9. The van der Waals surface area contributed by atoms with Gasteiger partial charge in [-0.2, -0.15) is 0 Å². The summed E-state index contributed by atoms with van der Waals surface area (Å²) in [4.78, 5) is 28.0. The topological polar surface area (TPSA) is 42.3 Å². The highest BCUT2D eigenvalue weighted by atomic mass is 35.5. The third kappa shape index (κ3) is 3.80. The predicted octanol–water partition coefficient (Wildman–Crippen LogP) is 4.92. The molecule has 1 amide bonds. The molecule has 5 heteroatoms. The van der Waals surface area contributed by atoms with Crippen molar-refractivity contribution in [3.8, 4) is 5.69 Å². The predicted molar refractivity (Wildman–Crippen MR) is 117 cm³/mol. The van der Waals surface area contributed by atoms with Crippen molar-refractivity contribution in [2.24, 2.45) is 0 Å². The number of hydrogen-bond donors (Lipinski definition) is 0. The van der Waals surface area contributed by atoms with E-state index in [1.165, 1.54) is 4.57 Å². The molecule has 0 saturated heterocycles. The molecule has 1 aromatic heterocycles. The third-order valence-corrected chi connectivity index (χ3v) is 5.12. The lowest BCUT2D eigenvalue weighted by Gasteiger charge is -2.19. The molecule has 0 aliphatic carbocycles. The first kappa shape index (κ1) is 19.0. The molecule has 0 N–H and O–H groups in total. The van der Waals surface area contributed by atoms with Crippen LogP contribution in [-0.4, -0.2) is 22.4 Å². The molecule has 0 bridgehead atoms. The fraction of sp³-hybridized carbons (Fsp3) is 0.0833. The lowest BCUT2D eigenvalue weighted by Crippen LogP contribution is -2.29. The second-order valence-corrected chi connectivity index (χ2v) is 7.32. The van der Waals surface area contributed by atoms with Crippen molar-refractivity contribution < 1.29 is 4.79 Å². The smallest absolute Gasteiger partial charge is 0.262 e. The zero-order valence-corrected chi connectivity index (χ0v) is 16.6. The molecule has 0 aliphatic rings. The van der Waals surface area contributed by atoms with Crippen molar-refractivity contribution in [1.29, 1.82) is 0 Å². The van der Waals surface area contributed by atoms with Crippen molar-refractivity contribution in [3.63, 3.8) is 0 Å². The van der Waals surface area contributed by atoms with Crippen LogP contribution >= 0.6 is 11.6 Å². The zero-order chi connectivity index (χ0) is 20.4. The molecule has 0 atom stereocenters. The molecule has 0 fully saturated rings. The first-order valence-corrected chi connectivity index (χ1v) is 9.62. The number of aromatic nitrogens is 1. The summed E-state index contributed by atoms with van der Waals surface area (Å²) in [5, 5.41) is 1.73. The fourth-order valence-electron chi connectivity index (χ4n) is 3.39. The molecule has 4 nitrogen and oxygen atoms in total. The summed E-state index contributed by atoms with van der Waals surface area (Å²) < 4.78 is 1.50. The number of pyridine rings is 1. The van der Waals surface area contributed by atoms with Crippen LogP contribution in [0.2, 0.25) is 5.02 Å². The van der Waals surface area contributed by atoms with E-state index in [0.29, 0.717) is 33.6 Å². The maximum absolute atomic E-state index is 13.3. The van der Waals surface area contributed by atoms with Gasteiger partial charge in [0.1, 0.15) is 0 Å². The summed E-state index contributed by atoms with van der Waals surface area (Å²) in [7, 11) is 1.77. The number of hydrogen-bond acceptors (Lipinski definition) is 2. The van der Waals surface area contributed by atoms with E-state index in [1.807, 2.05) is 42.5 Å². The van der Waals surface area contributed by atoms with Gasteiger partial charge in [-0.25, -0.2) is 0 Å². The molecule has 3 aromatic carbocycles. The number of nitrogens with zero attached hydrogens (tertiary/aromatic N) is 2. The molecule has 0 aliphatic heterocycles. The molecule has 0 spiro atoms. The molecule has 4 rings (SSSR count). The summed E-state index contributed by atoms with van der Waals surface area (Å²) in [5.74, 6) is -0.146. The van der Waals surface area contributed by atoms with Crippen molar-refractivity contribution in [2.75, 3.05) is 7.05 Å². The van der Waals surface area contributed by atoms with Gasteiger partial charge in [0, 0.05) is 41.3 Å². The Balaban J connectivity index is 1.82. The number of carbonyl (C=O) groups is 1.